The topological polar surface area (TPSA) is 67.6 Å². The molecular formula is C17H23F3N6OS. The van der Waals surface area contributed by atoms with Gasteiger partial charge in [-0.25, -0.2) is 0 Å². The van der Waals surface area contributed by atoms with Gasteiger partial charge in [-0.1, -0.05) is 0 Å². The number of anilines is 1. The third kappa shape index (κ3) is 3.43. The lowest BCUT2D eigenvalue weighted by molar-refractivity contribution is -0.146. The SMILES string of the molecule is Cc1c(NCC2(N3CCOCC3)CCSC2)nn2c(C(F)(F)F)nnc2c1C. The van der Waals surface area contributed by atoms with Crippen molar-refractivity contribution < 1.29 is 17.9 Å². The number of thioether (sulfide) groups is 1. The summed E-state index contributed by atoms with van der Waals surface area (Å²) in [5.41, 5.74) is 1.53. The molecule has 28 heavy (non-hydrogen) atoms. The van der Waals surface area contributed by atoms with Gasteiger partial charge in [0.1, 0.15) is 5.82 Å². The Bertz CT molecular complexity index is 859. The molecule has 2 aromatic heterocycles. The van der Waals surface area contributed by atoms with Gasteiger partial charge in [-0.15, -0.1) is 15.3 Å². The van der Waals surface area contributed by atoms with E-state index in [1.165, 1.54) is 0 Å². The fourth-order valence-electron chi connectivity index (χ4n) is 3.86. The molecule has 11 heteroatoms. The Morgan fingerprint density at radius 2 is 1.93 bits per heavy atom. The van der Waals surface area contributed by atoms with Gasteiger partial charge < -0.3 is 10.1 Å². The van der Waals surface area contributed by atoms with Crippen LogP contribution in [0.15, 0.2) is 0 Å². The number of nitrogens with zero attached hydrogens (tertiary/aromatic N) is 5. The third-order valence-corrected chi connectivity index (χ3v) is 6.93. The standard InChI is InChI=1S/C17H23F3N6OS/c1-11-12(2)14-22-23-15(17(18,19)20)26(14)24-13(11)21-9-16(3-8-28-10-16)25-4-6-27-7-5-25/h3-10H2,1-2H3,(H,21,24). The zero-order valence-electron chi connectivity index (χ0n) is 15.8. The second kappa shape index (κ2) is 7.34. The Kier molecular flexibility index (Phi) is 5.17. The molecule has 2 aliphatic rings. The maximum atomic E-state index is 13.2. The van der Waals surface area contributed by atoms with E-state index < -0.39 is 12.0 Å². The molecule has 1 atom stereocenters. The monoisotopic (exact) mass is 416 g/mol. The van der Waals surface area contributed by atoms with Crippen LogP contribution >= 0.6 is 11.8 Å². The first-order valence-electron chi connectivity index (χ1n) is 9.26. The van der Waals surface area contributed by atoms with Gasteiger partial charge in [-0.3, -0.25) is 4.90 Å². The number of ether oxygens (including phenoxy) is 1. The van der Waals surface area contributed by atoms with Crippen LogP contribution in [0, 0.1) is 13.8 Å². The van der Waals surface area contributed by atoms with Crippen molar-refractivity contribution in [1.82, 2.24) is 24.7 Å². The van der Waals surface area contributed by atoms with Gasteiger partial charge in [-0.2, -0.15) is 29.4 Å². The van der Waals surface area contributed by atoms with Crippen molar-refractivity contribution in [1.29, 1.82) is 0 Å². The predicted octanol–water partition coefficient (Wildman–Crippen LogP) is 2.38. The number of nitrogens with one attached hydrogen (secondary N) is 1. The number of rotatable bonds is 4. The molecule has 2 saturated heterocycles. The molecule has 4 rings (SSSR count). The fourth-order valence-corrected chi connectivity index (χ4v) is 5.33. The highest BCUT2D eigenvalue weighted by molar-refractivity contribution is 7.99. The number of hydrogen-bond donors (Lipinski definition) is 1. The highest BCUT2D eigenvalue weighted by Crippen LogP contribution is 2.35. The van der Waals surface area contributed by atoms with E-state index in [1.54, 1.807) is 6.92 Å². The van der Waals surface area contributed by atoms with Crippen LogP contribution in [0.25, 0.3) is 5.65 Å². The van der Waals surface area contributed by atoms with E-state index in [2.05, 4.69) is 25.5 Å². The molecule has 1 N–H and O–H groups in total. The van der Waals surface area contributed by atoms with Crippen LogP contribution in [0.3, 0.4) is 0 Å². The minimum absolute atomic E-state index is 0.0362. The zero-order valence-corrected chi connectivity index (χ0v) is 16.7. The summed E-state index contributed by atoms with van der Waals surface area (Å²) in [6.45, 7) is 7.39. The van der Waals surface area contributed by atoms with Crippen LogP contribution in [0.2, 0.25) is 0 Å². The largest absolute Gasteiger partial charge is 0.453 e. The number of aromatic nitrogens is 4. The second-order valence-electron chi connectivity index (χ2n) is 7.34. The maximum absolute atomic E-state index is 13.2. The average molecular weight is 416 g/mol. The second-order valence-corrected chi connectivity index (χ2v) is 8.44. The van der Waals surface area contributed by atoms with Gasteiger partial charge in [-0.05, 0) is 31.6 Å². The number of aryl methyl sites for hydroxylation is 1. The highest BCUT2D eigenvalue weighted by Gasteiger charge is 2.41. The molecule has 4 heterocycles. The number of hydrogen-bond acceptors (Lipinski definition) is 7. The quantitative estimate of drug-likeness (QED) is 0.821. The highest BCUT2D eigenvalue weighted by atomic mass is 32.2. The van der Waals surface area contributed by atoms with E-state index >= 15 is 0 Å². The molecule has 2 aliphatic heterocycles. The van der Waals surface area contributed by atoms with Gasteiger partial charge in [0.05, 0.1) is 13.2 Å². The molecule has 154 valence electrons. The summed E-state index contributed by atoms with van der Waals surface area (Å²) in [5, 5.41) is 14.5. The molecule has 0 saturated carbocycles. The van der Waals surface area contributed by atoms with Crippen molar-refractivity contribution in [2.75, 3.05) is 49.7 Å². The normalized spacial score (nSPS) is 24.2. The van der Waals surface area contributed by atoms with E-state index in [9.17, 15) is 13.2 Å². The van der Waals surface area contributed by atoms with Crippen LogP contribution in [0.5, 0.6) is 0 Å². The molecule has 1 unspecified atom stereocenters. The van der Waals surface area contributed by atoms with Crippen molar-refractivity contribution in [3.8, 4) is 0 Å². The maximum Gasteiger partial charge on any atom is 0.453 e. The number of morpholine rings is 1. The summed E-state index contributed by atoms with van der Waals surface area (Å²) < 4.78 is 46.0. The summed E-state index contributed by atoms with van der Waals surface area (Å²) in [6, 6.07) is 0. The molecule has 2 fully saturated rings. The summed E-state index contributed by atoms with van der Waals surface area (Å²) in [4.78, 5) is 2.45. The molecule has 0 amide bonds. The van der Waals surface area contributed by atoms with Gasteiger partial charge >= 0.3 is 6.18 Å². The van der Waals surface area contributed by atoms with E-state index in [0.717, 1.165) is 41.1 Å². The van der Waals surface area contributed by atoms with Crippen molar-refractivity contribution in [3.63, 3.8) is 0 Å². The smallest absolute Gasteiger partial charge is 0.379 e. The van der Waals surface area contributed by atoms with Gasteiger partial charge in [0.2, 0.25) is 0 Å². The molecule has 0 bridgehead atoms. The van der Waals surface area contributed by atoms with E-state index in [0.29, 0.717) is 31.1 Å². The van der Waals surface area contributed by atoms with Crippen molar-refractivity contribution >= 4 is 23.2 Å². The lowest BCUT2D eigenvalue weighted by atomic mass is 9.95. The van der Waals surface area contributed by atoms with Crippen LogP contribution in [-0.2, 0) is 10.9 Å². The molecule has 0 aliphatic carbocycles. The minimum Gasteiger partial charge on any atom is -0.379 e. The fraction of sp³-hybridized carbons (Fsp3) is 0.706. The molecule has 0 aromatic carbocycles. The van der Waals surface area contributed by atoms with Crippen LogP contribution in [0.1, 0.15) is 23.4 Å². The first-order chi connectivity index (χ1) is 13.3. The van der Waals surface area contributed by atoms with Crippen molar-refractivity contribution in [2.45, 2.75) is 32.0 Å². The van der Waals surface area contributed by atoms with Crippen LogP contribution in [-0.4, -0.2) is 74.6 Å². The summed E-state index contributed by atoms with van der Waals surface area (Å²) in [7, 11) is 0. The van der Waals surface area contributed by atoms with E-state index in [1.807, 2.05) is 18.7 Å². The van der Waals surface area contributed by atoms with Crippen LogP contribution < -0.4 is 5.32 Å². The summed E-state index contributed by atoms with van der Waals surface area (Å²) >= 11 is 1.91. The molecular weight excluding hydrogens is 393 g/mol. The molecule has 0 spiro atoms. The average Bonchev–Trinajstić information content (AvgIpc) is 3.32. The third-order valence-electron chi connectivity index (χ3n) is 5.70. The lowest BCUT2D eigenvalue weighted by Gasteiger charge is -2.43. The first-order valence-corrected chi connectivity index (χ1v) is 10.4. The van der Waals surface area contributed by atoms with Gasteiger partial charge in [0.25, 0.3) is 5.82 Å². The Hall–Kier alpha value is -1.59. The summed E-state index contributed by atoms with van der Waals surface area (Å²) in [6.07, 6.45) is -3.58. The Balaban J connectivity index is 1.64. The molecule has 0 radical (unpaired) electrons. The predicted molar refractivity (Wildman–Crippen MR) is 101 cm³/mol. The molecule has 7 nitrogen and oxygen atoms in total. The summed E-state index contributed by atoms with van der Waals surface area (Å²) in [5.74, 6) is 1.40. The van der Waals surface area contributed by atoms with E-state index in [4.69, 9.17) is 4.74 Å². The first kappa shape index (κ1) is 19.7. The number of halogens is 3. The Morgan fingerprint density at radius 1 is 1.18 bits per heavy atom. The Morgan fingerprint density at radius 3 is 2.57 bits per heavy atom. The van der Waals surface area contributed by atoms with Crippen LogP contribution in [0.4, 0.5) is 19.0 Å². The zero-order chi connectivity index (χ0) is 19.9. The number of fused-ring (bicyclic) bond motifs is 1. The Labute approximate surface area is 165 Å². The molecule has 2 aromatic rings. The minimum atomic E-state index is -4.61. The number of alkyl halides is 3. The van der Waals surface area contributed by atoms with Crippen molar-refractivity contribution in [2.24, 2.45) is 0 Å². The lowest BCUT2D eigenvalue weighted by Crippen LogP contribution is -2.57. The van der Waals surface area contributed by atoms with Gasteiger partial charge in [0, 0.05) is 36.5 Å². The van der Waals surface area contributed by atoms with Crippen molar-refractivity contribution in [3.05, 3.63) is 17.0 Å². The van der Waals surface area contributed by atoms with E-state index in [-0.39, 0.29) is 11.2 Å². The van der Waals surface area contributed by atoms with Gasteiger partial charge in [0.15, 0.2) is 5.65 Å².